The predicted octanol–water partition coefficient (Wildman–Crippen LogP) is 5.25. The van der Waals surface area contributed by atoms with Crippen LogP contribution in [0.5, 0.6) is 11.5 Å². The van der Waals surface area contributed by atoms with Gasteiger partial charge in [0.15, 0.2) is 0 Å². The second-order valence-corrected chi connectivity index (χ2v) is 13.9. The number of carbonyl (C=O) groups is 3. The lowest BCUT2D eigenvalue weighted by atomic mass is 10.1. The van der Waals surface area contributed by atoms with Gasteiger partial charge < -0.3 is 29.5 Å². The Morgan fingerprint density at radius 3 is 2.74 bits per heavy atom. The SMILES string of the molecule is COc1ccc2c(O[C@@H]3C[C@H]4C(=O)N[C@]5(C(=O)O)C[C@H]5/C=C\CCCCO[C@@H](C)C(=O)N4C3)cc(-c3nc(C(C)C)cs3)nc2c1C. The highest BCUT2D eigenvalue weighted by atomic mass is 32.1. The molecule has 6 rings (SSSR count). The van der Waals surface area contributed by atoms with E-state index in [0.717, 1.165) is 40.9 Å². The van der Waals surface area contributed by atoms with Gasteiger partial charge >= 0.3 is 5.97 Å². The first kappa shape index (κ1) is 32.9. The second-order valence-electron chi connectivity index (χ2n) is 13.0. The van der Waals surface area contributed by atoms with Crippen molar-refractivity contribution in [2.45, 2.75) is 89.5 Å². The first-order chi connectivity index (χ1) is 22.5. The highest BCUT2D eigenvalue weighted by Gasteiger charge is 2.61. The van der Waals surface area contributed by atoms with Crippen LogP contribution in [0, 0.1) is 12.8 Å². The number of nitrogens with one attached hydrogen (secondary N) is 1. The van der Waals surface area contributed by atoms with Gasteiger partial charge in [0.1, 0.15) is 46.0 Å². The second kappa shape index (κ2) is 13.2. The van der Waals surface area contributed by atoms with Gasteiger partial charge in [0.2, 0.25) is 5.91 Å². The fraction of sp³-hybridized carbons (Fsp3) is 0.514. The maximum Gasteiger partial charge on any atom is 0.330 e. The number of amides is 2. The number of benzene rings is 1. The van der Waals surface area contributed by atoms with Crippen molar-refractivity contribution in [3.63, 3.8) is 0 Å². The van der Waals surface area contributed by atoms with E-state index in [4.69, 9.17) is 24.2 Å². The summed E-state index contributed by atoms with van der Waals surface area (Å²) in [6.45, 7) is 8.37. The van der Waals surface area contributed by atoms with Crippen LogP contribution < -0.4 is 14.8 Å². The number of aryl methyl sites for hydroxylation is 1. The van der Waals surface area contributed by atoms with E-state index in [1.165, 1.54) is 16.2 Å². The van der Waals surface area contributed by atoms with Crippen LogP contribution in [0.2, 0.25) is 0 Å². The average Bonchev–Trinajstić information content (AvgIpc) is 3.35. The number of carboxylic acid groups (broad SMARTS) is 1. The third-order valence-electron chi connectivity index (χ3n) is 9.43. The van der Waals surface area contributed by atoms with Gasteiger partial charge in [-0.1, -0.05) is 26.0 Å². The monoisotopic (exact) mass is 662 g/mol. The summed E-state index contributed by atoms with van der Waals surface area (Å²) in [4.78, 5) is 51.2. The number of pyridine rings is 1. The number of rotatable bonds is 6. The predicted molar refractivity (Wildman–Crippen MR) is 178 cm³/mol. The molecule has 2 aliphatic heterocycles. The Bertz CT molecular complexity index is 1720. The molecule has 47 heavy (non-hydrogen) atoms. The molecule has 2 amide bonds. The largest absolute Gasteiger partial charge is 0.496 e. The standard InChI is InChI=1S/C35H42N4O7S/c1-19(2)26-18-47-32(37-26)25-15-29(24-11-12-28(44-5)20(3)30(24)36-25)46-23-14-27-31(40)38-35(34(42)43)16-22(35)10-8-6-7-9-13-45-21(4)33(41)39(27)17-23/h8,10-12,15,18-19,21-23,27H,6-7,9,13-14,16-17H2,1-5H3,(H,38,40)(H,42,43)/b10-8-/t21-,22+,23+,27-,35+/m0/s1. The van der Waals surface area contributed by atoms with Gasteiger partial charge in [0.05, 0.1) is 24.9 Å². The highest BCUT2D eigenvalue weighted by molar-refractivity contribution is 7.13. The Balaban J connectivity index is 1.34. The van der Waals surface area contributed by atoms with Crippen molar-refractivity contribution in [3.8, 4) is 22.2 Å². The molecule has 12 heteroatoms. The zero-order valence-electron chi connectivity index (χ0n) is 27.4. The first-order valence-corrected chi connectivity index (χ1v) is 17.1. The average molecular weight is 663 g/mol. The van der Waals surface area contributed by atoms with Crippen molar-refractivity contribution in [1.29, 1.82) is 0 Å². The van der Waals surface area contributed by atoms with E-state index >= 15 is 0 Å². The molecule has 3 aliphatic rings. The van der Waals surface area contributed by atoms with Gasteiger partial charge in [-0.2, -0.15) is 0 Å². The zero-order chi connectivity index (χ0) is 33.5. The van der Waals surface area contributed by atoms with Crippen molar-refractivity contribution < 1.29 is 33.7 Å². The molecule has 0 radical (unpaired) electrons. The van der Waals surface area contributed by atoms with Crippen LogP contribution in [0.1, 0.15) is 70.1 Å². The number of aliphatic carboxylic acids is 1. The number of methoxy groups -OCH3 is 1. The summed E-state index contributed by atoms with van der Waals surface area (Å²) in [5.74, 6) is -0.699. The molecule has 1 saturated carbocycles. The summed E-state index contributed by atoms with van der Waals surface area (Å²) in [5, 5.41) is 16.5. The summed E-state index contributed by atoms with van der Waals surface area (Å²) in [6.07, 6.45) is 5.43. The lowest BCUT2D eigenvalue weighted by molar-refractivity contribution is -0.149. The van der Waals surface area contributed by atoms with E-state index in [0.29, 0.717) is 35.7 Å². The third kappa shape index (κ3) is 6.45. The number of hydrogen-bond donors (Lipinski definition) is 2. The minimum atomic E-state index is -1.38. The molecule has 1 aromatic carbocycles. The number of thiazole rings is 1. The number of nitrogens with zero attached hydrogens (tertiary/aromatic N) is 3. The molecule has 250 valence electrons. The fourth-order valence-electron chi connectivity index (χ4n) is 6.49. The Labute approximate surface area is 278 Å². The fourth-order valence-corrected chi connectivity index (χ4v) is 7.43. The van der Waals surface area contributed by atoms with Gasteiger partial charge in [0.25, 0.3) is 5.91 Å². The third-order valence-corrected chi connectivity index (χ3v) is 10.3. The number of allylic oxidation sites excluding steroid dienone is 1. The van der Waals surface area contributed by atoms with Gasteiger partial charge in [-0.25, -0.2) is 14.8 Å². The summed E-state index contributed by atoms with van der Waals surface area (Å²) in [7, 11) is 1.62. The number of fused-ring (bicyclic) bond motifs is 3. The van der Waals surface area contributed by atoms with Crippen LogP contribution in [-0.2, 0) is 19.1 Å². The van der Waals surface area contributed by atoms with Crippen molar-refractivity contribution in [3.05, 3.63) is 47.0 Å². The van der Waals surface area contributed by atoms with Crippen molar-refractivity contribution in [1.82, 2.24) is 20.2 Å². The van der Waals surface area contributed by atoms with E-state index in [1.54, 1.807) is 14.0 Å². The van der Waals surface area contributed by atoms with E-state index in [9.17, 15) is 19.5 Å². The number of ether oxygens (including phenoxy) is 3. The Hall–Kier alpha value is -4.03. The number of carboxylic acids is 1. The molecule has 0 spiro atoms. The summed E-state index contributed by atoms with van der Waals surface area (Å²) < 4.78 is 18.1. The molecule has 2 fully saturated rings. The van der Waals surface area contributed by atoms with E-state index in [2.05, 4.69) is 19.2 Å². The highest BCUT2D eigenvalue weighted by Crippen LogP contribution is 2.45. The molecule has 0 unspecified atom stereocenters. The van der Waals surface area contributed by atoms with Crippen molar-refractivity contribution >= 4 is 40.0 Å². The molecular weight excluding hydrogens is 620 g/mol. The van der Waals surface area contributed by atoms with Gasteiger partial charge in [-0.3, -0.25) is 9.59 Å². The molecule has 1 aliphatic carbocycles. The zero-order valence-corrected chi connectivity index (χ0v) is 28.3. The lowest BCUT2D eigenvalue weighted by Crippen LogP contribution is -2.54. The van der Waals surface area contributed by atoms with E-state index in [-0.39, 0.29) is 30.7 Å². The number of aromatic nitrogens is 2. The quantitative estimate of drug-likeness (QED) is 0.339. The van der Waals surface area contributed by atoms with Gasteiger partial charge in [-0.05, 0) is 57.6 Å². The van der Waals surface area contributed by atoms with Crippen LogP contribution in [0.3, 0.4) is 0 Å². The Kier molecular flexibility index (Phi) is 9.26. The van der Waals surface area contributed by atoms with E-state index in [1.807, 2.05) is 42.7 Å². The molecule has 2 aromatic heterocycles. The maximum absolute atomic E-state index is 13.8. The van der Waals surface area contributed by atoms with Crippen LogP contribution in [0.15, 0.2) is 35.7 Å². The normalized spacial score (nSPS) is 27.4. The molecule has 0 bridgehead atoms. The molecule has 2 N–H and O–H groups in total. The smallest absolute Gasteiger partial charge is 0.330 e. The van der Waals surface area contributed by atoms with Gasteiger partial charge in [-0.15, -0.1) is 11.3 Å². The summed E-state index contributed by atoms with van der Waals surface area (Å²) >= 11 is 1.51. The topological polar surface area (TPSA) is 140 Å². The van der Waals surface area contributed by atoms with Crippen molar-refractivity contribution in [2.75, 3.05) is 20.3 Å². The first-order valence-electron chi connectivity index (χ1n) is 16.3. The summed E-state index contributed by atoms with van der Waals surface area (Å²) in [5.41, 5.74) is 1.81. The minimum absolute atomic E-state index is 0.136. The maximum atomic E-state index is 13.8. The number of hydrogen-bond acceptors (Lipinski definition) is 9. The molecule has 1 saturated heterocycles. The molecule has 3 aromatic rings. The van der Waals surface area contributed by atoms with Crippen LogP contribution in [-0.4, -0.2) is 81.8 Å². The van der Waals surface area contributed by atoms with Gasteiger partial charge in [0, 0.05) is 41.3 Å². The molecule has 5 atom stereocenters. The molecule has 11 nitrogen and oxygen atoms in total. The summed E-state index contributed by atoms with van der Waals surface area (Å²) in [6, 6.07) is 4.70. The van der Waals surface area contributed by atoms with Crippen LogP contribution >= 0.6 is 11.3 Å². The lowest BCUT2D eigenvalue weighted by Gasteiger charge is -2.27. The molecule has 4 heterocycles. The van der Waals surface area contributed by atoms with Crippen molar-refractivity contribution in [2.24, 2.45) is 5.92 Å². The molecular formula is C35H42N4O7S. The Morgan fingerprint density at radius 2 is 2.02 bits per heavy atom. The Morgan fingerprint density at radius 1 is 1.21 bits per heavy atom. The van der Waals surface area contributed by atoms with Crippen LogP contribution in [0.4, 0.5) is 0 Å². The number of carbonyl (C=O) groups excluding carboxylic acids is 2. The van der Waals surface area contributed by atoms with Crippen LogP contribution in [0.25, 0.3) is 21.6 Å². The van der Waals surface area contributed by atoms with E-state index < -0.39 is 35.7 Å². The minimum Gasteiger partial charge on any atom is -0.496 e.